The van der Waals surface area contributed by atoms with E-state index in [9.17, 15) is 0 Å². The molecule has 0 saturated carbocycles. The summed E-state index contributed by atoms with van der Waals surface area (Å²) >= 11 is 0. The average Bonchev–Trinajstić information content (AvgIpc) is 2.92. The number of aliphatic imine (C=N–C) groups is 1. The SMILES string of the molecule is CCCCCCC(C)NC(=NC)NCC1CCCO1. The van der Waals surface area contributed by atoms with Gasteiger partial charge in [0.2, 0.25) is 0 Å². The van der Waals surface area contributed by atoms with Gasteiger partial charge in [-0.2, -0.15) is 0 Å². The zero-order valence-electron chi connectivity index (χ0n) is 12.9. The van der Waals surface area contributed by atoms with Crippen molar-refractivity contribution in [3.05, 3.63) is 0 Å². The van der Waals surface area contributed by atoms with Crippen LogP contribution < -0.4 is 10.6 Å². The van der Waals surface area contributed by atoms with Crippen LogP contribution >= 0.6 is 0 Å². The highest BCUT2D eigenvalue weighted by molar-refractivity contribution is 5.79. The molecule has 1 aliphatic rings. The van der Waals surface area contributed by atoms with Gasteiger partial charge in [0, 0.05) is 26.2 Å². The molecule has 0 spiro atoms. The third-order valence-electron chi connectivity index (χ3n) is 3.62. The van der Waals surface area contributed by atoms with Crippen molar-refractivity contribution in [2.75, 3.05) is 20.2 Å². The summed E-state index contributed by atoms with van der Waals surface area (Å²) in [6, 6.07) is 0.479. The first kappa shape index (κ1) is 16.3. The largest absolute Gasteiger partial charge is 0.376 e. The summed E-state index contributed by atoms with van der Waals surface area (Å²) in [5, 5.41) is 6.81. The molecule has 0 bridgehead atoms. The fourth-order valence-corrected chi connectivity index (χ4v) is 2.39. The monoisotopic (exact) mass is 269 g/mol. The number of nitrogens with one attached hydrogen (secondary N) is 2. The van der Waals surface area contributed by atoms with Gasteiger partial charge in [0.25, 0.3) is 0 Å². The van der Waals surface area contributed by atoms with Crippen LogP contribution in [0.4, 0.5) is 0 Å². The number of guanidine groups is 1. The number of ether oxygens (including phenoxy) is 1. The molecule has 2 unspecified atom stereocenters. The molecular formula is C15H31N3O. The van der Waals surface area contributed by atoms with E-state index in [1.165, 1.54) is 38.5 Å². The molecule has 0 aliphatic carbocycles. The second kappa shape index (κ2) is 10.1. The first-order chi connectivity index (χ1) is 9.26. The molecule has 2 N–H and O–H groups in total. The Labute approximate surface area is 118 Å². The lowest BCUT2D eigenvalue weighted by Gasteiger charge is -2.19. The molecule has 2 atom stereocenters. The van der Waals surface area contributed by atoms with Gasteiger partial charge in [0.05, 0.1) is 6.10 Å². The Morgan fingerprint density at radius 2 is 2.21 bits per heavy atom. The molecule has 0 aromatic rings. The maximum absolute atomic E-state index is 5.60. The third-order valence-corrected chi connectivity index (χ3v) is 3.62. The van der Waals surface area contributed by atoms with E-state index in [4.69, 9.17) is 4.74 Å². The fraction of sp³-hybridized carbons (Fsp3) is 0.933. The van der Waals surface area contributed by atoms with Crippen LogP contribution in [0, 0.1) is 0 Å². The molecule has 4 heteroatoms. The molecule has 0 radical (unpaired) electrons. The minimum Gasteiger partial charge on any atom is -0.376 e. The average molecular weight is 269 g/mol. The van der Waals surface area contributed by atoms with Crippen molar-refractivity contribution in [1.29, 1.82) is 0 Å². The van der Waals surface area contributed by atoms with Crippen LogP contribution in [0.5, 0.6) is 0 Å². The fourth-order valence-electron chi connectivity index (χ4n) is 2.39. The molecule has 1 aliphatic heterocycles. The Balaban J connectivity index is 2.12. The second-order valence-electron chi connectivity index (χ2n) is 5.48. The quantitative estimate of drug-likeness (QED) is 0.404. The summed E-state index contributed by atoms with van der Waals surface area (Å²) in [6.07, 6.45) is 9.20. The summed E-state index contributed by atoms with van der Waals surface area (Å²) in [4.78, 5) is 4.27. The normalized spacial score (nSPS) is 21.4. The zero-order valence-corrected chi connectivity index (χ0v) is 12.9. The van der Waals surface area contributed by atoms with Crippen molar-refractivity contribution in [2.45, 2.75) is 70.9 Å². The van der Waals surface area contributed by atoms with Gasteiger partial charge in [-0.15, -0.1) is 0 Å². The number of nitrogens with zero attached hydrogens (tertiary/aromatic N) is 1. The summed E-state index contributed by atoms with van der Waals surface area (Å²) in [5.41, 5.74) is 0. The van der Waals surface area contributed by atoms with Crippen molar-refractivity contribution in [1.82, 2.24) is 10.6 Å². The number of unbranched alkanes of at least 4 members (excludes halogenated alkanes) is 3. The maximum Gasteiger partial charge on any atom is 0.191 e. The Kier molecular flexibility index (Phi) is 8.63. The second-order valence-corrected chi connectivity index (χ2v) is 5.48. The predicted molar refractivity (Wildman–Crippen MR) is 81.7 cm³/mol. The van der Waals surface area contributed by atoms with Crippen molar-refractivity contribution < 1.29 is 4.74 Å². The van der Waals surface area contributed by atoms with Gasteiger partial charge >= 0.3 is 0 Å². The van der Waals surface area contributed by atoms with Crippen LogP contribution in [-0.4, -0.2) is 38.3 Å². The molecule has 1 fully saturated rings. The van der Waals surface area contributed by atoms with Crippen LogP contribution in [-0.2, 0) is 4.74 Å². The first-order valence-electron chi connectivity index (χ1n) is 7.85. The Morgan fingerprint density at radius 3 is 2.84 bits per heavy atom. The molecule has 0 aromatic carbocycles. The minimum atomic E-state index is 0.360. The van der Waals surface area contributed by atoms with Crippen LogP contribution in [0.2, 0.25) is 0 Å². The minimum absolute atomic E-state index is 0.360. The van der Waals surface area contributed by atoms with Gasteiger partial charge in [0.15, 0.2) is 5.96 Å². The van der Waals surface area contributed by atoms with E-state index in [0.717, 1.165) is 25.5 Å². The molecule has 4 nitrogen and oxygen atoms in total. The molecule has 1 saturated heterocycles. The number of rotatable bonds is 8. The van der Waals surface area contributed by atoms with Crippen LogP contribution in [0.15, 0.2) is 4.99 Å². The van der Waals surface area contributed by atoms with Gasteiger partial charge in [-0.1, -0.05) is 32.6 Å². The Morgan fingerprint density at radius 1 is 1.37 bits per heavy atom. The summed E-state index contributed by atoms with van der Waals surface area (Å²) in [5.74, 6) is 0.901. The highest BCUT2D eigenvalue weighted by Gasteiger charge is 2.15. The van der Waals surface area contributed by atoms with Crippen molar-refractivity contribution in [3.63, 3.8) is 0 Å². The number of hydrogen-bond acceptors (Lipinski definition) is 2. The highest BCUT2D eigenvalue weighted by atomic mass is 16.5. The zero-order chi connectivity index (χ0) is 13.9. The van der Waals surface area contributed by atoms with Crippen LogP contribution in [0.3, 0.4) is 0 Å². The lowest BCUT2D eigenvalue weighted by Crippen LogP contribution is -2.44. The standard InChI is InChI=1S/C15H31N3O/c1-4-5-6-7-9-13(2)18-15(16-3)17-12-14-10-8-11-19-14/h13-14H,4-12H2,1-3H3,(H2,16,17,18). The molecule has 0 amide bonds. The first-order valence-corrected chi connectivity index (χ1v) is 7.85. The molecule has 19 heavy (non-hydrogen) atoms. The van der Waals surface area contributed by atoms with E-state index < -0.39 is 0 Å². The maximum atomic E-state index is 5.60. The van der Waals surface area contributed by atoms with E-state index in [-0.39, 0.29) is 0 Å². The van der Waals surface area contributed by atoms with Gasteiger partial charge in [-0.25, -0.2) is 0 Å². The van der Waals surface area contributed by atoms with E-state index >= 15 is 0 Å². The van der Waals surface area contributed by atoms with Gasteiger partial charge in [0.1, 0.15) is 0 Å². The van der Waals surface area contributed by atoms with Gasteiger partial charge in [-0.3, -0.25) is 4.99 Å². The van der Waals surface area contributed by atoms with E-state index in [1.54, 1.807) is 0 Å². The Bertz CT molecular complexity index is 250. The van der Waals surface area contributed by atoms with Gasteiger partial charge < -0.3 is 15.4 Å². The Hall–Kier alpha value is -0.770. The van der Waals surface area contributed by atoms with E-state index in [2.05, 4.69) is 29.5 Å². The molecule has 112 valence electrons. The van der Waals surface area contributed by atoms with Crippen molar-refractivity contribution >= 4 is 5.96 Å². The van der Waals surface area contributed by atoms with Gasteiger partial charge in [-0.05, 0) is 26.2 Å². The third kappa shape index (κ3) is 7.41. The number of hydrogen-bond donors (Lipinski definition) is 2. The topological polar surface area (TPSA) is 45.7 Å². The van der Waals surface area contributed by atoms with Crippen LogP contribution in [0.1, 0.15) is 58.8 Å². The summed E-state index contributed by atoms with van der Waals surface area (Å²) in [6.45, 7) is 6.25. The lowest BCUT2D eigenvalue weighted by atomic mass is 10.1. The molecular weight excluding hydrogens is 238 g/mol. The molecule has 1 rings (SSSR count). The van der Waals surface area contributed by atoms with E-state index in [1.807, 2.05) is 7.05 Å². The highest BCUT2D eigenvalue weighted by Crippen LogP contribution is 2.10. The molecule has 1 heterocycles. The van der Waals surface area contributed by atoms with Crippen molar-refractivity contribution in [3.8, 4) is 0 Å². The van der Waals surface area contributed by atoms with Crippen molar-refractivity contribution in [2.24, 2.45) is 4.99 Å². The molecule has 0 aromatic heterocycles. The van der Waals surface area contributed by atoms with Crippen LogP contribution in [0.25, 0.3) is 0 Å². The predicted octanol–water partition coefficient (Wildman–Crippen LogP) is 2.69. The summed E-state index contributed by atoms with van der Waals surface area (Å²) in [7, 11) is 1.83. The smallest absolute Gasteiger partial charge is 0.191 e. The summed E-state index contributed by atoms with van der Waals surface area (Å²) < 4.78 is 5.60. The lowest BCUT2D eigenvalue weighted by molar-refractivity contribution is 0.113. The van der Waals surface area contributed by atoms with E-state index in [0.29, 0.717) is 12.1 Å².